The van der Waals surface area contributed by atoms with E-state index in [2.05, 4.69) is 26.1 Å². The number of β-amino-alcohol motifs (C(OH)–C–C–N with tert-alkyl or cyclic N) is 1. The standard InChI is InChI=1S/C14H31NO3/c1-6-14(5,7-2)15-10-13(16)11-17-8-9-18-12(3)4/h12-13,15-16H,6-11H2,1-5H3. The molecule has 2 N–H and O–H groups in total. The normalized spacial score (nSPS) is 14.2. The summed E-state index contributed by atoms with van der Waals surface area (Å²) in [5.74, 6) is 0. The van der Waals surface area contributed by atoms with Crippen molar-refractivity contribution in [3.63, 3.8) is 0 Å². The quantitative estimate of drug-likeness (QED) is 0.558. The lowest BCUT2D eigenvalue weighted by atomic mass is 9.95. The molecule has 0 amide bonds. The lowest BCUT2D eigenvalue weighted by Gasteiger charge is -2.29. The van der Waals surface area contributed by atoms with Gasteiger partial charge in [-0.05, 0) is 33.6 Å². The van der Waals surface area contributed by atoms with Crippen molar-refractivity contribution in [3.8, 4) is 0 Å². The fourth-order valence-corrected chi connectivity index (χ4v) is 1.49. The SMILES string of the molecule is CCC(C)(CC)NCC(O)COCCOC(C)C. The molecule has 0 bridgehead atoms. The van der Waals surface area contributed by atoms with Gasteiger partial charge in [0.05, 0.1) is 32.0 Å². The van der Waals surface area contributed by atoms with Crippen LogP contribution < -0.4 is 5.32 Å². The van der Waals surface area contributed by atoms with Gasteiger partial charge in [-0.3, -0.25) is 0 Å². The predicted octanol–water partition coefficient (Wildman–Crippen LogP) is 1.96. The largest absolute Gasteiger partial charge is 0.389 e. The van der Waals surface area contributed by atoms with Crippen molar-refractivity contribution in [2.45, 2.75) is 65.2 Å². The summed E-state index contributed by atoms with van der Waals surface area (Å²) in [4.78, 5) is 0. The number of hydrogen-bond acceptors (Lipinski definition) is 4. The molecule has 0 aliphatic rings. The molecule has 0 spiro atoms. The molecule has 4 nitrogen and oxygen atoms in total. The Morgan fingerprint density at radius 3 is 2.28 bits per heavy atom. The van der Waals surface area contributed by atoms with Crippen molar-refractivity contribution < 1.29 is 14.6 Å². The average molecular weight is 261 g/mol. The minimum Gasteiger partial charge on any atom is -0.389 e. The highest BCUT2D eigenvalue weighted by atomic mass is 16.5. The van der Waals surface area contributed by atoms with E-state index in [0.29, 0.717) is 26.4 Å². The number of aliphatic hydroxyl groups is 1. The summed E-state index contributed by atoms with van der Waals surface area (Å²) in [5, 5.41) is 13.2. The Morgan fingerprint density at radius 2 is 1.78 bits per heavy atom. The fraction of sp³-hybridized carbons (Fsp3) is 1.00. The van der Waals surface area contributed by atoms with Gasteiger partial charge < -0.3 is 19.9 Å². The summed E-state index contributed by atoms with van der Waals surface area (Å²) >= 11 is 0. The summed E-state index contributed by atoms with van der Waals surface area (Å²) in [6.07, 6.45) is 1.88. The van der Waals surface area contributed by atoms with E-state index in [1.54, 1.807) is 0 Å². The third kappa shape index (κ3) is 8.86. The molecule has 0 radical (unpaired) electrons. The van der Waals surface area contributed by atoms with E-state index in [9.17, 15) is 5.11 Å². The van der Waals surface area contributed by atoms with E-state index in [0.717, 1.165) is 12.8 Å². The first-order valence-corrected chi connectivity index (χ1v) is 7.06. The molecule has 0 saturated carbocycles. The van der Waals surface area contributed by atoms with Crippen LogP contribution in [0.4, 0.5) is 0 Å². The lowest BCUT2D eigenvalue weighted by Crippen LogP contribution is -2.45. The zero-order valence-electron chi connectivity index (χ0n) is 12.7. The van der Waals surface area contributed by atoms with E-state index >= 15 is 0 Å². The van der Waals surface area contributed by atoms with Crippen LogP contribution in [-0.2, 0) is 9.47 Å². The monoisotopic (exact) mass is 261 g/mol. The Bertz CT molecular complexity index is 193. The Labute approximate surface area is 112 Å². The second-order valence-electron chi connectivity index (χ2n) is 5.30. The molecule has 0 heterocycles. The molecule has 0 aromatic carbocycles. The summed E-state index contributed by atoms with van der Waals surface area (Å²) < 4.78 is 10.7. The molecule has 0 aromatic heterocycles. The van der Waals surface area contributed by atoms with Crippen molar-refractivity contribution in [1.82, 2.24) is 5.32 Å². The third-order valence-electron chi connectivity index (χ3n) is 3.31. The molecule has 4 heteroatoms. The third-order valence-corrected chi connectivity index (χ3v) is 3.31. The highest BCUT2D eigenvalue weighted by Gasteiger charge is 2.19. The van der Waals surface area contributed by atoms with Crippen LogP contribution >= 0.6 is 0 Å². The highest BCUT2D eigenvalue weighted by molar-refractivity contribution is 4.80. The number of hydrogen-bond donors (Lipinski definition) is 2. The minimum absolute atomic E-state index is 0.113. The molecule has 0 aromatic rings. The number of rotatable bonds is 11. The maximum Gasteiger partial charge on any atom is 0.0897 e. The highest BCUT2D eigenvalue weighted by Crippen LogP contribution is 2.13. The summed E-state index contributed by atoms with van der Waals surface area (Å²) in [6.45, 7) is 12.5. The van der Waals surface area contributed by atoms with Gasteiger partial charge in [0, 0.05) is 12.1 Å². The van der Waals surface area contributed by atoms with Crippen LogP contribution in [0, 0.1) is 0 Å². The van der Waals surface area contributed by atoms with Gasteiger partial charge in [0.25, 0.3) is 0 Å². The Morgan fingerprint density at radius 1 is 1.17 bits per heavy atom. The first kappa shape index (κ1) is 17.8. The Hall–Kier alpha value is -0.160. The second kappa shape index (κ2) is 9.73. The maximum absolute atomic E-state index is 9.78. The first-order valence-electron chi connectivity index (χ1n) is 7.06. The van der Waals surface area contributed by atoms with E-state index in [-0.39, 0.29) is 11.6 Å². The fourth-order valence-electron chi connectivity index (χ4n) is 1.49. The van der Waals surface area contributed by atoms with Crippen LogP contribution in [0.1, 0.15) is 47.5 Å². The van der Waals surface area contributed by atoms with E-state index < -0.39 is 6.10 Å². The number of nitrogens with one attached hydrogen (secondary N) is 1. The van der Waals surface area contributed by atoms with Gasteiger partial charge in [-0.2, -0.15) is 0 Å². The molecule has 0 aliphatic heterocycles. The summed E-state index contributed by atoms with van der Waals surface area (Å²) in [6, 6.07) is 0. The van der Waals surface area contributed by atoms with Gasteiger partial charge >= 0.3 is 0 Å². The van der Waals surface area contributed by atoms with Gasteiger partial charge in [0.15, 0.2) is 0 Å². The zero-order valence-corrected chi connectivity index (χ0v) is 12.7. The molecular weight excluding hydrogens is 230 g/mol. The van der Waals surface area contributed by atoms with E-state index in [4.69, 9.17) is 9.47 Å². The van der Waals surface area contributed by atoms with Gasteiger partial charge in [-0.15, -0.1) is 0 Å². The molecule has 0 rings (SSSR count). The van der Waals surface area contributed by atoms with Crippen molar-refractivity contribution in [1.29, 1.82) is 0 Å². The van der Waals surface area contributed by atoms with Gasteiger partial charge in [-0.1, -0.05) is 13.8 Å². The summed E-state index contributed by atoms with van der Waals surface area (Å²) in [5.41, 5.74) is 0.113. The van der Waals surface area contributed by atoms with Crippen LogP contribution in [0.2, 0.25) is 0 Å². The van der Waals surface area contributed by atoms with Crippen LogP contribution in [0.5, 0.6) is 0 Å². The predicted molar refractivity (Wildman–Crippen MR) is 74.9 cm³/mol. The molecule has 1 unspecified atom stereocenters. The van der Waals surface area contributed by atoms with Gasteiger partial charge in [0.1, 0.15) is 0 Å². The zero-order chi connectivity index (χ0) is 14.0. The van der Waals surface area contributed by atoms with Gasteiger partial charge in [-0.25, -0.2) is 0 Å². The topological polar surface area (TPSA) is 50.7 Å². The summed E-state index contributed by atoms with van der Waals surface area (Å²) in [7, 11) is 0. The molecule has 0 aliphatic carbocycles. The molecule has 1 atom stereocenters. The van der Waals surface area contributed by atoms with Crippen LogP contribution in [-0.4, -0.2) is 49.2 Å². The van der Waals surface area contributed by atoms with Crippen molar-refractivity contribution in [3.05, 3.63) is 0 Å². The van der Waals surface area contributed by atoms with Crippen molar-refractivity contribution >= 4 is 0 Å². The van der Waals surface area contributed by atoms with E-state index in [1.165, 1.54) is 0 Å². The van der Waals surface area contributed by atoms with Crippen molar-refractivity contribution in [2.75, 3.05) is 26.4 Å². The van der Waals surface area contributed by atoms with Crippen LogP contribution in [0.25, 0.3) is 0 Å². The minimum atomic E-state index is -0.457. The average Bonchev–Trinajstić information content (AvgIpc) is 2.35. The smallest absolute Gasteiger partial charge is 0.0897 e. The number of ether oxygens (including phenoxy) is 2. The van der Waals surface area contributed by atoms with Gasteiger partial charge in [0.2, 0.25) is 0 Å². The van der Waals surface area contributed by atoms with Crippen molar-refractivity contribution in [2.24, 2.45) is 0 Å². The molecule has 18 heavy (non-hydrogen) atoms. The van der Waals surface area contributed by atoms with E-state index in [1.807, 2.05) is 13.8 Å². The maximum atomic E-state index is 9.78. The molecule has 0 fully saturated rings. The van der Waals surface area contributed by atoms with Crippen LogP contribution in [0.3, 0.4) is 0 Å². The second-order valence-corrected chi connectivity index (χ2v) is 5.30. The number of aliphatic hydroxyl groups excluding tert-OH is 1. The van der Waals surface area contributed by atoms with Crippen LogP contribution in [0.15, 0.2) is 0 Å². The Balaban J connectivity index is 3.56. The molecular formula is C14H31NO3. The molecule has 0 saturated heterocycles. The Kier molecular flexibility index (Phi) is 9.64. The first-order chi connectivity index (χ1) is 8.43. The molecule has 110 valence electrons. The lowest BCUT2D eigenvalue weighted by molar-refractivity contribution is -0.0115.